The van der Waals surface area contributed by atoms with Crippen LogP contribution in [0.3, 0.4) is 0 Å². The smallest absolute Gasteiger partial charge is 0.238 e. The Hall–Kier alpha value is -5.09. The molecule has 0 bridgehead atoms. The van der Waals surface area contributed by atoms with Crippen LogP contribution in [0.2, 0.25) is 0 Å². The second-order valence-corrected chi connectivity index (χ2v) is 9.30. The van der Waals surface area contributed by atoms with E-state index in [1.165, 1.54) is 0 Å². The van der Waals surface area contributed by atoms with Gasteiger partial charge in [-0.05, 0) is 40.4 Å². The van der Waals surface area contributed by atoms with Crippen molar-refractivity contribution in [1.82, 2.24) is 19.5 Å². The molecule has 40 heavy (non-hydrogen) atoms. The summed E-state index contributed by atoms with van der Waals surface area (Å²) < 4.78 is 143. The van der Waals surface area contributed by atoms with E-state index >= 15 is 0 Å². The Morgan fingerprint density at radius 3 is 1.98 bits per heavy atom. The standard InChI is InChI=1S/C36H26N4/c1-36(2)29-19-11-9-17-25(29)27-22-32-28(21-30(27)36)26-18-10-12-20-31(26)40(32)35-38-33(23-13-5-3-6-14-23)37-34(39-35)24-15-7-4-8-16-24/h3-22H,1-2H3/i1D3,2D3,9D,10D,11D,12D,17D,18D,19D,20D,21D,22D. The summed E-state index contributed by atoms with van der Waals surface area (Å²) in [5, 5.41) is -0.796. The largest absolute Gasteiger partial charge is 0.278 e. The average Bonchev–Trinajstić information content (AvgIpc) is 3.72. The lowest BCUT2D eigenvalue weighted by molar-refractivity contribution is 0.661. The number of rotatable bonds is 3. The molecule has 0 fully saturated rings. The van der Waals surface area contributed by atoms with E-state index in [0.717, 1.165) is 4.57 Å². The molecule has 2 aromatic heterocycles. The zero-order chi connectivity index (χ0) is 40.5. The second kappa shape index (κ2) is 8.45. The molecule has 0 spiro atoms. The number of aromatic nitrogens is 4. The molecule has 0 saturated heterocycles. The molecule has 0 unspecified atom stereocenters. The molecule has 190 valence electrons. The Kier molecular flexibility index (Phi) is 2.53. The first kappa shape index (κ1) is 12.0. The van der Waals surface area contributed by atoms with Gasteiger partial charge in [0.1, 0.15) is 0 Å². The van der Waals surface area contributed by atoms with Crippen molar-refractivity contribution in [3.63, 3.8) is 0 Å². The Labute approximate surface area is 255 Å². The van der Waals surface area contributed by atoms with E-state index in [4.69, 9.17) is 29.2 Å². The number of fused-ring (bicyclic) bond motifs is 6. The fraction of sp³-hybridized carbons (Fsp3) is 0.0833. The average molecular weight is 531 g/mol. The Bertz CT molecular complexity index is 2760. The van der Waals surface area contributed by atoms with E-state index in [9.17, 15) is 2.74 Å². The Morgan fingerprint density at radius 1 is 0.625 bits per heavy atom. The molecule has 0 amide bonds. The van der Waals surface area contributed by atoms with E-state index < -0.39 is 107 Å². The fourth-order valence-corrected chi connectivity index (χ4v) is 5.08. The zero-order valence-electron chi connectivity index (χ0n) is 36.6. The molecule has 0 saturated carbocycles. The number of para-hydroxylation sites is 1. The quantitative estimate of drug-likeness (QED) is 0.230. The van der Waals surface area contributed by atoms with Crippen LogP contribution in [0.5, 0.6) is 0 Å². The van der Waals surface area contributed by atoms with Crippen LogP contribution in [0, 0.1) is 0 Å². The van der Waals surface area contributed by atoms with Gasteiger partial charge in [0.15, 0.2) is 11.6 Å². The topological polar surface area (TPSA) is 43.6 Å². The van der Waals surface area contributed by atoms with Crippen LogP contribution in [0.4, 0.5) is 0 Å². The highest BCUT2D eigenvalue weighted by Crippen LogP contribution is 2.50. The van der Waals surface area contributed by atoms with Crippen LogP contribution < -0.4 is 0 Å². The molecule has 7 aromatic rings. The maximum atomic E-state index is 9.82. The van der Waals surface area contributed by atoms with Gasteiger partial charge in [-0.25, -0.2) is 4.98 Å². The highest BCUT2D eigenvalue weighted by molar-refractivity contribution is 6.11. The fourth-order valence-electron chi connectivity index (χ4n) is 5.08. The van der Waals surface area contributed by atoms with Crippen LogP contribution in [-0.2, 0) is 5.41 Å². The zero-order valence-corrected chi connectivity index (χ0v) is 20.6. The lowest BCUT2D eigenvalue weighted by atomic mass is 9.82. The van der Waals surface area contributed by atoms with Crippen LogP contribution in [0.1, 0.15) is 46.8 Å². The summed E-state index contributed by atoms with van der Waals surface area (Å²) >= 11 is 0. The lowest BCUT2D eigenvalue weighted by Crippen LogP contribution is -2.14. The summed E-state index contributed by atoms with van der Waals surface area (Å²) in [6.45, 7) is -7.24. The maximum absolute atomic E-state index is 9.82. The normalized spacial score (nSPS) is 19.8. The first-order valence-corrected chi connectivity index (χ1v) is 12.3. The predicted molar refractivity (Wildman–Crippen MR) is 163 cm³/mol. The van der Waals surface area contributed by atoms with Crippen molar-refractivity contribution < 1.29 is 21.9 Å². The molecule has 1 aliphatic carbocycles. The summed E-state index contributed by atoms with van der Waals surface area (Å²) in [4.78, 5) is 14.1. The summed E-state index contributed by atoms with van der Waals surface area (Å²) in [6.07, 6.45) is 0. The van der Waals surface area contributed by atoms with Gasteiger partial charge in [0.05, 0.1) is 24.7 Å². The first-order chi connectivity index (χ1) is 26.3. The lowest BCUT2D eigenvalue weighted by Gasteiger charge is -2.21. The number of nitrogens with zero attached hydrogens (tertiary/aromatic N) is 4. The van der Waals surface area contributed by atoms with Gasteiger partial charge < -0.3 is 0 Å². The van der Waals surface area contributed by atoms with Gasteiger partial charge in [-0.1, -0.05) is 117 Å². The van der Waals surface area contributed by atoms with E-state index in [1.807, 2.05) is 0 Å². The van der Waals surface area contributed by atoms with Crippen LogP contribution >= 0.6 is 0 Å². The first-order valence-electron chi connectivity index (χ1n) is 20.3. The molecule has 4 heteroatoms. The molecule has 0 N–H and O–H groups in total. The van der Waals surface area contributed by atoms with Crippen molar-refractivity contribution in [2.45, 2.75) is 19.1 Å². The van der Waals surface area contributed by atoms with Crippen molar-refractivity contribution in [2.24, 2.45) is 0 Å². The molecular formula is C36H26N4. The summed E-state index contributed by atoms with van der Waals surface area (Å²) in [5.41, 5.74) is -5.72. The molecule has 0 aliphatic heterocycles. The van der Waals surface area contributed by atoms with Crippen molar-refractivity contribution in [3.8, 4) is 39.9 Å². The molecule has 0 radical (unpaired) electrons. The van der Waals surface area contributed by atoms with E-state index in [0.29, 0.717) is 11.1 Å². The maximum Gasteiger partial charge on any atom is 0.238 e. The third kappa shape index (κ3) is 3.29. The highest BCUT2D eigenvalue weighted by Gasteiger charge is 2.36. The molecule has 8 rings (SSSR count). The Morgan fingerprint density at radius 2 is 1.27 bits per heavy atom. The van der Waals surface area contributed by atoms with E-state index in [1.54, 1.807) is 60.7 Å². The van der Waals surface area contributed by atoms with Gasteiger partial charge in [-0.2, -0.15) is 9.97 Å². The minimum atomic E-state index is -3.62. The molecule has 0 atom stereocenters. The van der Waals surface area contributed by atoms with Crippen molar-refractivity contribution in [3.05, 3.63) is 132 Å². The summed E-state index contributed by atoms with van der Waals surface area (Å²) in [7, 11) is 0. The number of hydrogen-bond donors (Lipinski definition) is 0. The van der Waals surface area contributed by atoms with Gasteiger partial charge in [0.25, 0.3) is 0 Å². The Balaban J connectivity index is 1.68. The SMILES string of the molecule is [2H]c1c([2H])c([2H])c2c(c1[2H])-c1c(c([2H])c3c4c([2H])c([2H])c([2H])c([2H])c4n(-c4nc(-c5ccccc5)nc(-c5ccccc5)n4)c3c1[2H])C2(C([2H])([2H])[2H])C([2H])([2H])[2H]. The molecule has 1 aliphatic rings. The van der Waals surface area contributed by atoms with Gasteiger partial charge in [0.2, 0.25) is 5.95 Å². The van der Waals surface area contributed by atoms with Gasteiger partial charge in [0, 0.05) is 35.5 Å². The number of benzene rings is 5. The second-order valence-electron chi connectivity index (χ2n) is 9.30. The molecular weight excluding hydrogens is 488 g/mol. The summed E-state index contributed by atoms with van der Waals surface area (Å²) in [5.74, 6) is -0.0404. The van der Waals surface area contributed by atoms with Crippen molar-refractivity contribution in [1.29, 1.82) is 0 Å². The molecule has 2 heterocycles. The van der Waals surface area contributed by atoms with Crippen molar-refractivity contribution >= 4 is 21.8 Å². The highest BCUT2D eigenvalue weighted by atomic mass is 15.2. The minimum Gasteiger partial charge on any atom is -0.278 e. The van der Waals surface area contributed by atoms with E-state index in [2.05, 4.69) is 4.98 Å². The van der Waals surface area contributed by atoms with Gasteiger partial charge >= 0.3 is 0 Å². The summed E-state index contributed by atoms with van der Waals surface area (Å²) in [6, 6.07) is 9.54. The minimum absolute atomic E-state index is 0.118. The third-order valence-corrected chi connectivity index (χ3v) is 6.92. The predicted octanol–water partition coefficient (Wildman–Crippen LogP) is 8.61. The van der Waals surface area contributed by atoms with Gasteiger partial charge in [-0.15, -0.1) is 0 Å². The number of hydrogen-bond acceptors (Lipinski definition) is 3. The van der Waals surface area contributed by atoms with Crippen molar-refractivity contribution in [2.75, 3.05) is 0 Å². The van der Waals surface area contributed by atoms with Crippen LogP contribution in [-0.4, -0.2) is 19.5 Å². The van der Waals surface area contributed by atoms with Gasteiger partial charge in [-0.3, -0.25) is 4.57 Å². The van der Waals surface area contributed by atoms with E-state index in [-0.39, 0.29) is 34.0 Å². The monoisotopic (exact) mass is 530 g/mol. The molecule has 5 aromatic carbocycles. The van der Waals surface area contributed by atoms with Crippen LogP contribution in [0.25, 0.3) is 61.7 Å². The third-order valence-electron chi connectivity index (χ3n) is 6.92. The van der Waals surface area contributed by atoms with Crippen LogP contribution in [0.15, 0.2) is 121 Å². The molecule has 4 nitrogen and oxygen atoms in total.